The molecule has 1 heterocycles. The summed E-state index contributed by atoms with van der Waals surface area (Å²) in [5, 5.41) is 0. The van der Waals surface area contributed by atoms with Crippen LogP contribution in [-0.2, 0) is 4.74 Å². The molecular weight excluding hydrogens is 366 g/mol. The second-order valence-corrected chi connectivity index (χ2v) is 6.72. The smallest absolute Gasteiger partial charge is 0.375 e. The zero-order chi connectivity index (χ0) is 20.0. The molecule has 9 heteroatoms. The first-order chi connectivity index (χ1) is 12.7. The molecule has 0 bridgehead atoms. The van der Waals surface area contributed by atoms with Crippen LogP contribution in [0.3, 0.4) is 0 Å². The Balaban J connectivity index is 1.75. The van der Waals surface area contributed by atoms with Crippen LogP contribution in [0.2, 0.25) is 0 Å². The number of carbonyl (C=O) groups is 1. The highest BCUT2D eigenvalue weighted by molar-refractivity contribution is 5.94. The van der Waals surface area contributed by atoms with E-state index in [4.69, 9.17) is 0 Å². The predicted octanol–water partition coefficient (Wildman–Crippen LogP) is 2.62. The Hall–Kier alpha value is -1.87. The van der Waals surface area contributed by atoms with Crippen molar-refractivity contribution >= 4 is 11.6 Å². The summed E-state index contributed by atoms with van der Waals surface area (Å²) in [6, 6.07) is 4.45. The van der Waals surface area contributed by atoms with Gasteiger partial charge in [0, 0.05) is 59.0 Å². The molecule has 1 amide bonds. The summed E-state index contributed by atoms with van der Waals surface area (Å²) in [5.41, 5.74) is 0.733. The van der Waals surface area contributed by atoms with Crippen molar-refractivity contribution in [2.45, 2.75) is 12.6 Å². The lowest BCUT2D eigenvalue weighted by molar-refractivity contribution is -0.174. The maximum Gasteiger partial charge on any atom is 0.411 e. The third kappa shape index (κ3) is 6.66. The molecule has 1 aliphatic rings. The molecule has 0 aliphatic carbocycles. The minimum atomic E-state index is -4.30. The van der Waals surface area contributed by atoms with Crippen molar-refractivity contribution in [3.05, 3.63) is 29.6 Å². The number of amides is 1. The summed E-state index contributed by atoms with van der Waals surface area (Å²) in [6.45, 7) is 1.70. The van der Waals surface area contributed by atoms with Crippen LogP contribution in [0.25, 0.3) is 0 Å². The number of hydrogen-bond donors (Lipinski definition) is 0. The number of rotatable bonds is 7. The first kappa shape index (κ1) is 21.4. The number of carbonyl (C=O) groups excluding carboxylic acids is 1. The largest absolute Gasteiger partial charge is 0.411 e. The zero-order valence-corrected chi connectivity index (χ0v) is 15.6. The highest BCUT2D eigenvalue weighted by atomic mass is 19.4. The molecule has 27 heavy (non-hydrogen) atoms. The molecule has 1 aromatic rings. The number of alkyl halides is 3. The number of benzene rings is 1. The third-order valence-electron chi connectivity index (χ3n) is 4.36. The van der Waals surface area contributed by atoms with E-state index >= 15 is 0 Å². The molecule has 0 atom stereocenters. The van der Waals surface area contributed by atoms with Crippen LogP contribution in [0, 0.1) is 5.82 Å². The van der Waals surface area contributed by atoms with Crippen LogP contribution in [0.15, 0.2) is 18.2 Å². The molecule has 0 radical (unpaired) electrons. The van der Waals surface area contributed by atoms with E-state index in [2.05, 4.69) is 9.64 Å². The highest BCUT2D eigenvalue weighted by Crippen LogP contribution is 2.20. The van der Waals surface area contributed by atoms with Crippen molar-refractivity contribution in [1.82, 2.24) is 9.80 Å². The molecule has 0 N–H and O–H groups in total. The minimum Gasteiger partial charge on any atom is -0.375 e. The SMILES string of the molecule is CN(C)c1ccc(C(=O)N2CCN(CCCOCC(F)(F)F)CC2)cc1F. The Labute approximate surface area is 156 Å². The normalized spacial score (nSPS) is 15.9. The Morgan fingerprint density at radius 2 is 1.85 bits per heavy atom. The molecule has 0 unspecified atom stereocenters. The first-order valence-electron chi connectivity index (χ1n) is 8.80. The van der Waals surface area contributed by atoms with Gasteiger partial charge in [-0.1, -0.05) is 0 Å². The van der Waals surface area contributed by atoms with Crippen LogP contribution in [-0.4, -0.2) is 81.9 Å². The summed E-state index contributed by atoms with van der Waals surface area (Å²) in [4.78, 5) is 17.9. The average molecular weight is 391 g/mol. The fourth-order valence-corrected chi connectivity index (χ4v) is 2.94. The summed E-state index contributed by atoms with van der Waals surface area (Å²) >= 11 is 0. The summed E-state index contributed by atoms with van der Waals surface area (Å²) in [7, 11) is 3.46. The Morgan fingerprint density at radius 1 is 1.19 bits per heavy atom. The van der Waals surface area contributed by atoms with Crippen LogP contribution in [0.4, 0.5) is 23.2 Å². The van der Waals surface area contributed by atoms with Crippen LogP contribution in [0.5, 0.6) is 0 Å². The maximum atomic E-state index is 14.1. The molecule has 152 valence electrons. The standard InChI is InChI=1S/C18H25F4N3O2/c1-23(2)16-5-4-14(12-15(16)19)17(26)25-9-7-24(8-10-25)6-3-11-27-13-18(20,21)22/h4-5,12H,3,6-11,13H2,1-2H3. The lowest BCUT2D eigenvalue weighted by Crippen LogP contribution is -2.49. The number of anilines is 1. The van der Waals surface area contributed by atoms with Gasteiger partial charge in [-0.2, -0.15) is 13.2 Å². The second kappa shape index (κ2) is 9.36. The molecule has 1 aliphatic heterocycles. The van der Waals surface area contributed by atoms with Crippen molar-refractivity contribution in [3.8, 4) is 0 Å². The maximum absolute atomic E-state index is 14.1. The minimum absolute atomic E-state index is 0.0517. The van der Waals surface area contributed by atoms with Crippen LogP contribution < -0.4 is 4.90 Å². The van der Waals surface area contributed by atoms with E-state index in [1.165, 1.54) is 6.07 Å². The van der Waals surface area contributed by atoms with Gasteiger partial charge in [-0.25, -0.2) is 4.39 Å². The van der Waals surface area contributed by atoms with Crippen LogP contribution in [0.1, 0.15) is 16.8 Å². The number of hydrogen-bond acceptors (Lipinski definition) is 4. The molecule has 0 saturated carbocycles. The topological polar surface area (TPSA) is 36.0 Å². The lowest BCUT2D eigenvalue weighted by atomic mass is 10.1. The predicted molar refractivity (Wildman–Crippen MR) is 94.6 cm³/mol. The van der Waals surface area contributed by atoms with E-state index in [9.17, 15) is 22.4 Å². The Bertz CT molecular complexity index is 630. The van der Waals surface area contributed by atoms with Crippen molar-refractivity contribution in [3.63, 3.8) is 0 Å². The van der Waals surface area contributed by atoms with Gasteiger partial charge in [-0.15, -0.1) is 0 Å². The van der Waals surface area contributed by atoms with Crippen molar-refractivity contribution < 1.29 is 27.1 Å². The molecule has 5 nitrogen and oxygen atoms in total. The number of ether oxygens (including phenoxy) is 1. The zero-order valence-electron chi connectivity index (χ0n) is 15.6. The quantitative estimate of drug-likeness (QED) is 0.529. The van der Waals surface area contributed by atoms with Gasteiger partial charge in [0.1, 0.15) is 12.4 Å². The molecule has 1 aromatic carbocycles. The molecule has 2 rings (SSSR count). The van der Waals surface area contributed by atoms with Gasteiger partial charge in [0.2, 0.25) is 0 Å². The highest BCUT2D eigenvalue weighted by Gasteiger charge is 2.27. The van der Waals surface area contributed by atoms with Gasteiger partial charge in [0.25, 0.3) is 5.91 Å². The number of piperazine rings is 1. The summed E-state index contributed by atoms with van der Waals surface area (Å²) < 4.78 is 54.6. The van der Waals surface area contributed by atoms with E-state index in [0.29, 0.717) is 50.4 Å². The molecule has 1 fully saturated rings. The fraction of sp³-hybridized carbons (Fsp3) is 0.611. The molecule has 0 spiro atoms. The van der Waals surface area contributed by atoms with Gasteiger partial charge >= 0.3 is 6.18 Å². The fourth-order valence-electron chi connectivity index (χ4n) is 2.94. The third-order valence-corrected chi connectivity index (χ3v) is 4.36. The van der Waals surface area contributed by atoms with E-state index < -0.39 is 18.6 Å². The Kier molecular flexibility index (Phi) is 7.43. The summed E-state index contributed by atoms with van der Waals surface area (Å²) in [5.74, 6) is -0.657. The van der Waals surface area contributed by atoms with Gasteiger partial charge in [-0.3, -0.25) is 9.69 Å². The van der Waals surface area contributed by atoms with Gasteiger partial charge in [-0.05, 0) is 24.6 Å². The van der Waals surface area contributed by atoms with Crippen LogP contribution >= 0.6 is 0 Å². The molecule has 1 saturated heterocycles. The number of nitrogens with zero attached hydrogens (tertiary/aromatic N) is 3. The Morgan fingerprint density at radius 3 is 2.41 bits per heavy atom. The van der Waals surface area contributed by atoms with E-state index in [-0.39, 0.29) is 12.5 Å². The molecular formula is C18H25F4N3O2. The van der Waals surface area contributed by atoms with Gasteiger partial charge < -0.3 is 14.5 Å². The van der Waals surface area contributed by atoms with E-state index in [0.717, 1.165) is 0 Å². The monoisotopic (exact) mass is 391 g/mol. The van der Waals surface area contributed by atoms with E-state index in [1.807, 2.05) is 0 Å². The summed E-state index contributed by atoms with van der Waals surface area (Å²) in [6.07, 6.45) is -3.79. The second-order valence-electron chi connectivity index (χ2n) is 6.72. The van der Waals surface area contributed by atoms with E-state index in [1.54, 1.807) is 36.0 Å². The van der Waals surface area contributed by atoms with Crippen molar-refractivity contribution in [2.24, 2.45) is 0 Å². The first-order valence-corrected chi connectivity index (χ1v) is 8.80. The number of halogens is 4. The van der Waals surface area contributed by atoms with Crippen molar-refractivity contribution in [1.29, 1.82) is 0 Å². The lowest BCUT2D eigenvalue weighted by Gasteiger charge is -2.34. The molecule has 0 aromatic heterocycles. The van der Waals surface area contributed by atoms with Gasteiger partial charge in [0.05, 0.1) is 5.69 Å². The average Bonchev–Trinajstić information content (AvgIpc) is 2.60. The van der Waals surface area contributed by atoms with Crippen molar-refractivity contribution in [2.75, 3.05) is 64.9 Å². The van der Waals surface area contributed by atoms with Gasteiger partial charge in [0.15, 0.2) is 0 Å².